The van der Waals surface area contributed by atoms with Gasteiger partial charge in [0.25, 0.3) is 0 Å². The van der Waals surface area contributed by atoms with Crippen LogP contribution in [0.25, 0.3) is 0 Å². The minimum atomic E-state index is 0.691. The van der Waals surface area contributed by atoms with Crippen LogP contribution in [0.4, 0.5) is 0 Å². The van der Waals surface area contributed by atoms with Crippen LogP contribution in [-0.2, 0) is 0 Å². The van der Waals surface area contributed by atoms with Crippen LogP contribution in [0.2, 0.25) is 0 Å². The maximum Gasteiger partial charge on any atom is 0.0113 e. The number of hydrogen-bond acceptors (Lipinski definition) is 3. The Bertz CT molecular complexity index is 185. The summed E-state index contributed by atoms with van der Waals surface area (Å²) in [6.07, 6.45) is 3.86. The summed E-state index contributed by atoms with van der Waals surface area (Å²) in [5.41, 5.74) is 5.64. The lowest BCUT2D eigenvalue weighted by atomic mass is 10.1. The van der Waals surface area contributed by atoms with Gasteiger partial charge in [0.15, 0.2) is 0 Å². The Kier molecular flexibility index (Phi) is 7.09. The number of rotatable bonds is 7. The van der Waals surface area contributed by atoms with Crippen molar-refractivity contribution in [2.45, 2.75) is 46.1 Å². The van der Waals surface area contributed by atoms with E-state index in [2.05, 4.69) is 30.6 Å². The zero-order chi connectivity index (χ0) is 12.7. The average Bonchev–Trinajstić information content (AvgIpc) is 2.38. The first-order chi connectivity index (χ1) is 8.17. The summed E-state index contributed by atoms with van der Waals surface area (Å²) in [6, 6.07) is 0.759. The van der Waals surface area contributed by atoms with E-state index in [0.717, 1.165) is 12.6 Å². The molecular formula is C14H31N3. The van der Waals surface area contributed by atoms with Crippen molar-refractivity contribution >= 4 is 0 Å². The molecule has 3 heteroatoms. The molecule has 2 unspecified atom stereocenters. The number of hydrogen-bond donors (Lipinski definition) is 1. The Morgan fingerprint density at radius 1 is 1.12 bits per heavy atom. The molecule has 0 amide bonds. The Balaban J connectivity index is 2.11. The molecule has 17 heavy (non-hydrogen) atoms. The van der Waals surface area contributed by atoms with Crippen LogP contribution < -0.4 is 5.73 Å². The fraction of sp³-hybridized carbons (Fsp3) is 1.00. The molecule has 1 heterocycles. The summed E-state index contributed by atoms with van der Waals surface area (Å²) in [5.74, 6) is 0.691. The van der Waals surface area contributed by atoms with Gasteiger partial charge in [0.1, 0.15) is 0 Å². The molecule has 2 N–H and O–H groups in total. The highest BCUT2D eigenvalue weighted by Crippen LogP contribution is 2.10. The van der Waals surface area contributed by atoms with E-state index in [-0.39, 0.29) is 0 Å². The Labute approximate surface area is 107 Å². The van der Waals surface area contributed by atoms with Crippen molar-refractivity contribution in [1.82, 2.24) is 9.80 Å². The van der Waals surface area contributed by atoms with Gasteiger partial charge >= 0.3 is 0 Å². The molecule has 0 aromatic heterocycles. The maximum atomic E-state index is 5.64. The first-order valence-electron chi connectivity index (χ1n) is 7.33. The van der Waals surface area contributed by atoms with E-state index in [1.807, 2.05) is 0 Å². The summed E-state index contributed by atoms with van der Waals surface area (Å²) in [5, 5.41) is 0. The van der Waals surface area contributed by atoms with Gasteiger partial charge in [-0.3, -0.25) is 4.90 Å². The largest absolute Gasteiger partial charge is 0.330 e. The van der Waals surface area contributed by atoms with Gasteiger partial charge in [-0.2, -0.15) is 0 Å². The molecule has 102 valence electrons. The van der Waals surface area contributed by atoms with Crippen molar-refractivity contribution in [3.63, 3.8) is 0 Å². The van der Waals surface area contributed by atoms with Crippen LogP contribution >= 0.6 is 0 Å². The minimum absolute atomic E-state index is 0.691. The van der Waals surface area contributed by atoms with Gasteiger partial charge in [0, 0.05) is 32.2 Å². The van der Waals surface area contributed by atoms with Crippen molar-refractivity contribution in [2.24, 2.45) is 11.7 Å². The van der Waals surface area contributed by atoms with E-state index in [1.54, 1.807) is 0 Å². The standard InChI is InChI=1S/C14H31N3/c1-4-14(3)17-10-8-16(9-11-17)7-5-6-13(2)12-15/h13-14H,4-12,15H2,1-3H3. The molecule has 0 saturated carbocycles. The Morgan fingerprint density at radius 2 is 1.76 bits per heavy atom. The third-order valence-electron chi connectivity index (χ3n) is 4.19. The monoisotopic (exact) mass is 241 g/mol. The molecule has 1 rings (SSSR count). The van der Waals surface area contributed by atoms with Gasteiger partial charge in [-0.25, -0.2) is 0 Å². The van der Waals surface area contributed by atoms with Gasteiger partial charge < -0.3 is 10.6 Å². The van der Waals surface area contributed by atoms with E-state index < -0.39 is 0 Å². The molecule has 0 bridgehead atoms. The lowest BCUT2D eigenvalue weighted by Crippen LogP contribution is -2.49. The summed E-state index contributed by atoms with van der Waals surface area (Å²) >= 11 is 0. The predicted octanol–water partition coefficient (Wildman–Crippen LogP) is 1.78. The van der Waals surface area contributed by atoms with Crippen LogP contribution in [0.15, 0.2) is 0 Å². The molecule has 2 atom stereocenters. The molecular weight excluding hydrogens is 210 g/mol. The Morgan fingerprint density at radius 3 is 2.29 bits per heavy atom. The van der Waals surface area contributed by atoms with E-state index in [4.69, 9.17) is 5.73 Å². The average molecular weight is 241 g/mol. The van der Waals surface area contributed by atoms with E-state index in [1.165, 1.54) is 52.0 Å². The fourth-order valence-electron chi connectivity index (χ4n) is 2.47. The molecule has 1 aliphatic rings. The highest BCUT2D eigenvalue weighted by molar-refractivity contribution is 4.75. The van der Waals surface area contributed by atoms with Crippen LogP contribution in [0.5, 0.6) is 0 Å². The van der Waals surface area contributed by atoms with Gasteiger partial charge in [-0.15, -0.1) is 0 Å². The third-order valence-corrected chi connectivity index (χ3v) is 4.19. The summed E-state index contributed by atoms with van der Waals surface area (Å²) in [4.78, 5) is 5.24. The zero-order valence-corrected chi connectivity index (χ0v) is 12.0. The van der Waals surface area contributed by atoms with Gasteiger partial charge in [0.05, 0.1) is 0 Å². The second kappa shape index (κ2) is 8.06. The SMILES string of the molecule is CCC(C)N1CCN(CCCC(C)CN)CC1. The van der Waals surface area contributed by atoms with Crippen LogP contribution in [0, 0.1) is 5.92 Å². The topological polar surface area (TPSA) is 32.5 Å². The molecule has 0 aromatic carbocycles. The summed E-state index contributed by atoms with van der Waals surface area (Å²) < 4.78 is 0. The van der Waals surface area contributed by atoms with E-state index in [0.29, 0.717) is 5.92 Å². The van der Waals surface area contributed by atoms with Crippen molar-refractivity contribution in [2.75, 3.05) is 39.3 Å². The zero-order valence-electron chi connectivity index (χ0n) is 12.0. The van der Waals surface area contributed by atoms with E-state index >= 15 is 0 Å². The smallest absolute Gasteiger partial charge is 0.0113 e. The summed E-state index contributed by atoms with van der Waals surface area (Å²) in [7, 11) is 0. The second-order valence-corrected chi connectivity index (χ2v) is 5.62. The summed E-state index contributed by atoms with van der Waals surface area (Å²) in [6.45, 7) is 14.0. The van der Waals surface area contributed by atoms with Crippen molar-refractivity contribution in [3.05, 3.63) is 0 Å². The number of nitrogens with zero attached hydrogens (tertiary/aromatic N) is 2. The number of nitrogens with two attached hydrogens (primary N) is 1. The number of piperazine rings is 1. The molecule has 1 saturated heterocycles. The van der Waals surface area contributed by atoms with Crippen LogP contribution in [-0.4, -0.2) is 55.1 Å². The molecule has 0 aromatic rings. The molecule has 1 fully saturated rings. The van der Waals surface area contributed by atoms with Crippen molar-refractivity contribution in [1.29, 1.82) is 0 Å². The second-order valence-electron chi connectivity index (χ2n) is 5.62. The fourth-order valence-corrected chi connectivity index (χ4v) is 2.47. The normalized spacial score (nSPS) is 22.6. The van der Waals surface area contributed by atoms with Gasteiger partial charge in [-0.05, 0) is 45.2 Å². The third kappa shape index (κ3) is 5.36. The molecule has 1 aliphatic heterocycles. The van der Waals surface area contributed by atoms with Gasteiger partial charge in [-0.1, -0.05) is 13.8 Å². The Hall–Kier alpha value is -0.120. The highest BCUT2D eigenvalue weighted by atomic mass is 15.3. The van der Waals surface area contributed by atoms with Crippen LogP contribution in [0.1, 0.15) is 40.0 Å². The first-order valence-corrected chi connectivity index (χ1v) is 7.33. The first kappa shape index (κ1) is 14.9. The van der Waals surface area contributed by atoms with Gasteiger partial charge in [0.2, 0.25) is 0 Å². The minimum Gasteiger partial charge on any atom is -0.330 e. The molecule has 0 spiro atoms. The molecule has 0 aliphatic carbocycles. The lowest BCUT2D eigenvalue weighted by Gasteiger charge is -2.37. The van der Waals surface area contributed by atoms with Crippen molar-refractivity contribution in [3.8, 4) is 0 Å². The predicted molar refractivity (Wildman–Crippen MR) is 75.2 cm³/mol. The van der Waals surface area contributed by atoms with Crippen molar-refractivity contribution < 1.29 is 0 Å². The quantitative estimate of drug-likeness (QED) is 0.737. The van der Waals surface area contributed by atoms with E-state index in [9.17, 15) is 0 Å². The lowest BCUT2D eigenvalue weighted by molar-refractivity contribution is 0.0988. The molecule has 0 radical (unpaired) electrons. The van der Waals surface area contributed by atoms with Crippen LogP contribution in [0.3, 0.4) is 0 Å². The molecule has 3 nitrogen and oxygen atoms in total. The highest BCUT2D eigenvalue weighted by Gasteiger charge is 2.19. The maximum absolute atomic E-state index is 5.64.